The Bertz CT molecular complexity index is 830. The summed E-state index contributed by atoms with van der Waals surface area (Å²) in [6, 6.07) is 7.88. The summed E-state index contributed by atoms with van der Waals surface area (Å²) in [6.45, 7) is 1.21. The highest BCUT2D eigenvalue weighted by molar-refractivity contribution is 5.98. The molecule has 2 aromatic rings. The molecule has 7 heteroatoms. The van der Waals surface area contributed by atoms with Gasteiger partial charge in [-0.05, 0) is 30.0 Å². The van der Waals surface area contributed by atoms with Gasteiger partial charge in [-0.1, -0.05) is 12.1 Å². The number of ether oxygens (including phenoxy) is 1. The van der Waals surface area contributed by atoms with E-state index in [1.807, 2.05) is 37.5 Å². The second-order valence-corrected chi connectivity index (χ2v) is 6.90. The lowest BCUT2D eigenvalue weighted by Crippen LogP contribution is -2.52. The number of benzene rings is 1. The van der Waals surface area contributed by atoms with Crippen LogP contribution in [0.4, 0.5) is 5.69 Å². The highest BCUT2D eigenvalue weighted by Gasteiger charge is 2.46. The number of aromatic nitrogens is 2. The van der Waals surface area contributed by atoms with Crippen LogP contribution in [0.1, 0.15) is 17.9 Å². The van der Waals surface area contributed by atoms with Crippen LogP contribution >= 0.6 is 0 Å². The first-order valence-electron chi connectivity index (χ1n) is 8.78. The lowest BCUT2D eigenvalue weighted by Gasteiger charge is -2.33. The third-order valence-corrected chi connectivity index (χ3v) is 5.19. The summed E-state index contributed by atoms with van der Waals surface area (Å²) < 4.78 is 6.85. The maximum atomic E-state index is 12.8. The van der Waals surface area contributed by atoms with Crippen LogP contribution < -0.4 is 9.64 Å². The van der Waals surface area contributed by atoms with Crippen molar-refractivity contribution in [2.45, 2.75) is 12.3 Å². The molecule has 2 amide bonds. The van der Waals surface area contributed by atoms with Crippen LogP contribution in [0.3, 0.4) is 0 Å². The van der Waals surface area contributed by atoms with Crippen LogP contribution in [0.25, 0.3) is 0 Å². The molecule has 7 nitrogen and oxygen atoms in total. The van der Waals surface area contributed by atoms with Gasteiger partial charge < -0.3 is 14.5 Å². The molecular weight excluding hydrogens is 332 g/mol. The van der Waals surface area contributed by atoms with E-state index in [0.29, 0.717) is 13.1 Å². The van der Waals surface area contributed by atoms with Crippen molar-refractivity contribution < 1.29 is 14.3 Å². The number of anilines is 1. The molecule has 2 heterocycles. The van der Waals surface area contributed by atoms with Gasteiger partial charge in [-0.2, -0.15) is 5.10 Å². The van der Waals surface area contributed by atoms with Crippen LogP contribution in [0.2, 0.25) is 0 Å². The molecule has 2 aliphatic rings. The molecule has 2 atom stereocenters. The van der Waals surface area contributed by atoms with E-state index in [2.05, 4.69) is 5.10 Å². The van der Waals surface area contributed by atoms with Crippen molar-refractivity contribution in [1.29, 1.82) is 0 Å². The number of nitrogens with zero attached hydrogens (tertiary/aromatic N) is 4. The van der Waals surface area contributed by atoms with E-state index in [0.717, 1.165) is 23.4 Å². The van der Waals surface area contributed by atoms with Gasteiger partial charge in [0.05, 0.1) is 19.0 Å². The van der Waals surface area contributed by atoms with Crippen LogP contribution in [0.5, 0.6) is 5.75 Å². The van der Waals surface area contributed by atoms with Crippen molar-refractivity contribution in [2.24, 2.45) is 13.0 Å². The summed E-state index contributed by atoms with van der Waals surface area (Å²) in [6.07, 6.45) is 4.34. The number of rotatable bonds is 4. The van der Waals surface area contributed by atoms with Gasteiger partial charge in [-0.15, -0.1) is 0 Å². The SMILES string of the molecule is COc1ccc([C@@H]2C[C@H]2C(=O)N2CCN(c3cnn(C)c3)C(=O)C2)cc1. The molecule has 0 bridgehead atoms. The summed E-state index contributed by atoms with van der Waals surface area (Å²) in [5.74, 6) is 1.08. The standard InChI is InChI=1S/C19H22N4O3/c1-21-11-14(10-20-21)23-8-7-22(12-18(23)24)19(25)17-9-16(17)13-3-5-15(26-2)6-4-13/h3-6,10-11,16-17H,7-9,12H2,1-2H3/t16-,17+/m0/s1. The van der Waals surface area contributed by atoms with Gasteiger partial charge in [0.25, 0.3) is 0 Å². The predicted molar refractivity (Wildman–Crippen MR) is 96.0 cm³/mol. The average Bonchev–Trinajstić information content (AvgIpc) is 3.35. The fourth-order valence-corrected chi connectivity index (χ4v) is 3.60. The first kappa shape index (κ1) is 16.6. The fraction of sp³-hybridized carbons (Fsp3) is 0.421. The van der Waals surface area contributed by atoms with Crippen molar-refractivity contribution in [1.82, 2.24) is 14.7 Å². The molecule has 4 rings (SSSR count). The largest absolute Gasteiger partial charge is 0.497 e. The molecule has 1 aliphatic carbocycles. The highest BCUT2D eigenvalue weighted by atomic mass is 16.5. The van der Waals surface area contributed by atoms with Gasteiger partial charge in [0, 0.05) is 32.3 Å². The van der Waals surface area contributed by atoms with E-state index < -0.39 is 0 Å². The zero-order valence-corrected chi connectivity index (χ0v) is 15.0. The van der Waals surface area contributed by atoms with E-state index in [1.165, 1.54) is 0 Å². The average molecular weight is 354 g/mol. The normalized spacial score (nSPS) is 22.5. The van der Waals surface area contributed by atoms with Gasteiger partial charge in [-0.25, -0.2) is 0 Å². The molecule has 0 unspecified atom stereocenters. The van der Waals surface area contributed by atoms with Gasteiger partial charge in [-0.3, -0.25) is 14.3 Å². The predicted octanol–water partition coefficient (Wildman–Crippen LogP) is 1.41. The van der Waals surface area contributed by atoms with Crippen LogP contribution in [-0.2, 0) is 16.6 Å². The van der Waals surface area contributed by atoms with E-state index >= 15 is 0 Å². The van der Waals surface area contributed by atoms with Crippen LogP contribution in [-0.4, -0.2) is 53.2 Å². The highest BCUT2D eigenvalue weighted by Crippen LogP contribution is 2.48. The molecular formula is C19H22N4O3. The van der Waals surface area contributed by atoms with Crippen molar-refractivity contribution >= 4 is 17.5 Å². The number of hydrogen-bond donors (Lipinski definition) is 0. The summed E-state index contributed by atoms with van der Waals surface area (Å²) in [5.41, 5.74) is 1.94. The van der Waals surface area contributed by atoms with E-state index in [-0.39, 0.29) is 30.2 Å². The number of hydrogen-bond acceptors (Lipinski definition) is 4. The first-order valence-corrected chi connectivity index (χ1v) is 8.78. The molecule has 1 saturated carbocycles. The summed E-state index contributed by atoms with van der Waals surface area (Å²) >= 11 is 0. The molecule has 136 valence electrons. The number of piperazine rings is 1. The Morgan fingerprint density at radius 3 is 2.62 bits per heavy atom. The Kier molecular flexibility index (Phi) is 4.14. The monoisotopic (exact) mass is 354 g/mol. The first-order chi connectivity index (χ1) is 12.6. The molecule has 0 spiro atoms. The van der Waals surface area contributed by atoms with Crippen molar-refractivity contribution in [3.8, 4) is 5.75 Å². The minimum Gasteiger partial charge on any atom is -0.497 e. The number of carbonyl (C=O) groups excluding carboxylic acids is 2. The molecule has 0 N–H and O–H groups in total. The molecule has 1 aromatic heterocycles. The van der Waals surface area contributed by atoms with Crippen molar-refractivity contribution in [3.05, 3.63) is 42.2 Å². The third kappa shape index (κ3) is 3.05. The second-order valence-electron chi connectivity index (χ2n) is 6.90. The maximum absolute atomic E-state index is 12.8. The molecule has 2 fully saturated rings. The van der Waals surface area contributed by atoms with E-state index in [9.17, 15) is 9.59 Å². The minimum atomic E-state index is -0.0563. The molecule has 0 radical (unpaired) electrons. The lowest BCUT2D eigenvalue weighted by atomic mass is 10.1. The number of amides is 2. The quantitative estimate of drug-likeness (QED) is 0.833. The van der Waals surface area contributed by atoms with Crippen LogP contribution in [0, 0.1) is 5.92 Å². The molecule has 1 saturated heterocycles. The molecule has 26 heavy (non-hydrogen) atoms. The second kappa shape index (κ2) is 6.48. The van der Waals surface area contributed by atoms with Crippen LogP contribution in [0.15, 0.2) is 36.7 Å². The zero-order valence-electron chi connectivity index (χ0n) is 15.0. The Morgan fingerprint density at radius 2 is 2.00 bits per heavy atom. The summed E-state index contributed by atoms with van der Waals surface area (Å²) in [7, 11) is 3.46. The number of carbonyl (C=O) groups is 2. The summed E-state index contributed by atoms with van der Waals surface area (Å²) in [4.78, 5) is 28.6. The maximum Gasteiger partial charge on any atom is 0.246 e. The fourth-order valence-electron chi connectivity index (χ4n) is 3.60. The topological polar surface area (TPSA) is 67.7 Å². The Morgan fingerprint density at radius 1 is 1.23 bits per heavy atom. The lowest BCUT2D eigenvalue weighted by molar-refractivity contribution is -0.138. The smallest absolute Gasteiger partial charge is 0.246 e. The zero-order chi connectivity index (χ0) is 18.3. The molecule has 1 aromatic carbocycles. The Hall–Kier alpha value is -2.83. The van der Waals surface area contributed by atoms with Crippen molar-refractivity contribution in [2.75, 3.05) is 31.6 Å². The Balaban J connectivity index is 1.37. The van der Waals surface area contributed by atoms with Gasteiger partial charge in [0.15, 0.2) is 0 Å². The van der Waals surface area contributed by atoms with E-state index in [4.69, 9.17) is 4.74 Å². The third-order valence-electron chi connectivity index (χ3n) is 5.19. The van der Waals surface area contributed by atoms with E-state index in [1.54, 1.807) is 27.8 Å². The molecule has 1 aliphatic heterocycles. The van der Waals surface area contributed by atoms with Gasteiger partial charge >= 0.3 is 0 Å². The van der Waals surface area contributed by atoms with Crippen molar-refractivity contribution in [3.63, 3.8) is 0 Å². The number of methoxy groups -OCH3 is 1. The Labute approximate surface area is 152 Å². The summed E-state index contributed by atoms with van der Waals surface area (Å²) in [5, 5.41) is 4.11. The number of aryl methyl sites for hydroxylation is 1. The van der Waals surface area contributed by atoms with Gasteiger partial charge in [0.1, 0.15) is 12.3 Å². The minimum absolute atomic E-state index is 0.0128. The van der Waals surface area contributed by atoms with Gasteiger partial charge in [0.2, 0.25) is 11.8 Å².